The summed E-state index contributed by atoms with van der Waals surface area (Å²) in [5.74, 6) is 0.506. The zero-order valence-electron chi connectivity index (χ0n) is 27.5. The predicted molar refractivity (Wildman–Crippen MR) is 183 cm³/mol. The van der Waals surface area contributed by atoms with Gasteiger partial charge in [0.25, 0.3) is 5.91 Å². The molecule has 1 aromatic carbocycles. The molecule has 228 valence electrons. The third-order valence-corrected chi connectivity index (χ3v) is 7.96. The van der Waals surface area contributed by atoms with E-state index in [0.29, 0.717) is 17.1 Å². The topological polar surface area (TPSA) is 56.1 Å². The quantitative estimate of drug-likeness (QED) is 0.0845. The highest BCUT2D eigenvalue weighted by Crippen LogP contribution is 2.31. The second-order valence-corrected chi connectivity index (χ2v) is 11.5. The first kappa shape index (κ1) is 36.4. The number of allylic oxidation sites excluding steroid dienone is 7. The van der Waals surface area contributed by atoms with Crippen molar-refractivity contribution in [2.45, 2.75) is 93.4 Å². The van der Waals surface area contributed by atoms with Gasteiger partial charge in [-0.05, 0) is 81.2 Å². The Kier molecular flexibility index (Phi) is 16.9. The summed E-state index contributed by atoms with van der Waals surface area (Å²) in [5.41, 5.74) is 7.22. The van der Waals surface area contributed by atoms with Crippen LogP contribution in [0.5, 0.6) is 0 Å². The van der Waals surface area contributed by atoms with Crippen LogP contribution in [0.3, 0.4) is 0 Å². The number of unbranched alkanes of at least 4 members (excludes halogenated alkanes) is 4. The molecule has 0 radical (unpaired) electrons. The number of nitrogens with zero attached hydrogens (tertiary/aromatic N) is 2. The van der Waals surface area contributed by atoms with E-state index in [1.807, 2.05) is 58.9 Å². The number of amides is 1. The second-order valence-electron chi connectivity index (χ2n) is 11.5. The summed E-state index contributed by atoms with van der Waals surface area (Å²) in [6, 6.07) is 8.18. The van der Waals surface area contributed by atoms with E-state index in [0.717, 1.165) is 54.0 Å². The van der Waals surface area contributed by atoms with Gasteiger partial charge in [-0.15, -0.1) is 0 Å². The van der Waals surface area contributed by atoms with Gasteiger partial charge in [0.15, 0.2) is 0 Å². The molecule has 0 bridgehead atoms. The molecule has 1 atom stereocenters. The standard InChI is InChI=1S/C31H39N3O.C7H16/c1-9-27(12-10-22(4)20-32)28-14-16-34(17-15-28)26(8)29-13-11-23(5)30(19-29)33-31(35)25(7)18-24(6)21(2)3;1-3-5-7-6-4-2/h9-13,18-19,24,28H,2,4,8,14-17H2,1,3,5-7H3,(H,33,35);3-7H2,1-2H3/b12-10-,25-18+,27-9+;. The highest BCUT2D eigenvalue weighted by atomic mass is 16.1. The van der Waals surface area contributed by atoms with Gasteiger partial charge < -0.3 is 10.2 Å². The predicted octanol–water partition coefficient (Wildman–Crippen LogP) is 10.3. The number of nitrogens with one attached hydrogen (secondary N) is 1. The lowest BCUT2D eigenvalue weighted by atomic mass is 9.88. The summed E-state index contributed by atoms with van der Waals surface area (Å²) >= 11 is 0. The maximum Gasteiger partial charge on any atom is 0.251 e. The van der Waals surface area contributed by atoms with Crippen LogP contribution in [0.2, 0.25) is 0 Å². The van der Waals surface area contributed by atoms with Gasteiger partial charge in [-0.3, -0.25) is 4.79 Å². The number of likely N-dealkylation sites (tertiary alicyclic amines) is 1. The maximum absolute atomic E-state index is 12.8. The molecule has 2 rings (SSSR count). The lowest BCUT2D eigenvalue weighted by Crippen LogP contribution is -2.32. The third-order valence-electron chi connectivity index (χ3n) is 7.96. The van der Waals surface area contributed by atoms with Crippen molar-refractivity contribution in [1.82, 2.24) is 4.90 Å². The monoisotopic (exact) mass is 569 g/mol. The van der Waals surface area contributed by atoms with Crippen LogP contribution in [0.25, 0.3) is 5.70 Å². The smallest absolute Gasteiger partial charge is 0.251 e. The largest absolute Gasteiger partial charge is 0.371 e. The Labute approximate surface area is 257 Å². The molecule has 0 spiro atoms. The fourth-order valence-corrected chi connectivity index (χ4v) is 4.79. The van der Waals surface area contributed by atoms with Crippen LogP contribution in [-0.2, 0) is 4.79 Å². The van der Waals surface area contributed by atoms with Gasteiger partial charge in [-0.1, -0.05) is 109 Å². The number of benzene rings is 1. The zero-order chi connectivity index (χ0) is 31.7. The van der Waals surface area contributed by atoms with Crippen molar-refractivity contribution < 1.29 is 4.79 Å². The van der Waals surface area contributed by atoms with Gasteiger partial charge in [-0.2, -0.15) is 5.26 Å². The first-order chi connectivity index (χ1) is 20.0. The van der Waals surface area contributed by atoms with Crippen LogP contribution in [0.1, 0.15) is 97.6 Å². The van der Waals surface area contributed by atoms with E-state index in [1.54, 1.807) is 6.08 Å². The van der Waals surface area contributed by atoms with Crippen molar-refractivity contribution in [3.05, 3.63) is 95.7 Å². The molecule has 1 unspecified atom stereocenters. The van der Waals surface area contributed by atoms with Gasteiger partial charge in [0.2, 0.25) is 0 Å². The third kappa shape index (κ3) is 12.5. The fraction of sp³-hybridized carbons (Fsp3) is 0.474. The number of anilines is 1. The van der Waals surface area contributed by atoms with Crippen LogP contribution in [0, 0.1) is 30.1 Å². The minimum Gasteiger partial charge on any atom is -0.371 e. The minimum atomic E-state index is -0.101. The van der Waals surface area contributed by atoms with Crippen molar-refractivity contribution in [2.24, 2.45) is 11.8 Å². The molecule has 1 heterocycles. The second kappa shape index (κ2) is 19.5. The molecule has 0 saturated carbocycles. The molecular weight excluding hydrogens is 514 g/mol. The summed E-state index contributed by atoms with van der Waals surface area (Å²) in [5, 5.41) is 12.0. The molecule has 1 aliphatic heterocycles. The average Bonchev–Trinajstić information content (AvgIpc) is 2.98. The van der Waals surface area contributed by atoms with Gasteiger partial charge in [0.1, 0.15) is 0 Å². The lowest BCUT2D eigenvalue weighted by molar-refractivity contribution is -0.112. The van der Waals surface area contributed by atoms with E-state index in [2.05, 4.69) is 62.0 Å². The molecular formula is C38H55N3O. The Morgan fingerprint density at radius 1 is 1.10 bits per heavy atom. The number of carbonyl (C=O) groups is 1. The van der Waals surface area contributed by atoms with Crippen molar-refractivity contribution in [1.29, 1.82) is 5.26 Å². The number of nitriles is 1. The molecule has 0 aliphatic carbocycles. The van der Waals surface area contributed by atoms with Gasteiger partial charge in [0, 0.05) is 35.6 Å². The maximum atomic E-state index is 12.8. The van der Waals surface area contributed by atoms with Gasteiger partial charge in [0.05, 0.1) is 6.07 Å². The van der Waals surface area contributed by atoms with E-state index >= 15 is 0 Å². The van der Waals surface area contributed by atoms with Crippen molar-refractivity contribution in [3.63, 3.8) is 0 Å². The Morgan fingerprint density at radius 3 is 2.24 bits per heavy atom. The molecule has 1 amide bonds. The highest BCUT2D eigenvalue weighted by Gasteiger charge is 2.22. The molecule has 42 heavy (non-hydrogen) atoms. The van der Waals surface area contributed by atoms with Gasteiger partial charge >= 0.3 is 0 Å². The van der Waals surface area contributed by atoms with Crippen LogP contribution in [-0.4, -0.2) is 23.9 Å². The van der Waals surface area contributed by atoms with Crippen molar-refractivity contribution in [2.75, 3.05) is 18.4 Å². The Bertz CT molecular complexity index is 1200. The Balaban J connectivity index is 0.00000112. The summed E-state index contributed by atoms with van der Waals surface area (Å²) in [6.45, 7) is 28.2. The van der Waals surface area contributed by atoms with Gasteiger partial charge in [-0.25, -0.2) is 0 Å². The van der Waals surface area contributed by atoms with Crippen molar-refractivity contribution in [3.8, 4) is 6.07 Å². The number of rotatable bonds is 13. The van der Waals surface area contributed by atoms with Crippen LogP contribution >= 0.6 is 0 Å². The molecule has 1 N–H and O–H groups in total. The Morgan fingerprint density at radius 2 is 1.71 bits per heavy atom. The molecule has 1 aromatic rings. The molecule has 1 aliphatic rings. The van der Waals surface area contributed by atoms with Crippen LogP contribution < -0.4 is 5.32 Å². The van der Waals surface area contributed by atoms with E-state index in [-0.39, 0.29) is 11.8 Å². The summed E-state index contributed by atoms with van der Waals surface area (Å²) in [7, 11) is 0. The first-order valence-electron chi connectivity index (χ1n) is 15.6. The SMILES string of the molecule is C=C(C#N)/C=C\C(=C/C)C1CCN(C(=C)c2ccc(C)c(NC(=O)/C(C)=C/C(C)C(=C)C)c2)CC1.CCCCCCC. The summed E-state index contributed by atoms with van der Waals surface area (Å²) in [6.07, 6.45) is 16.9. The molecule has 0 aromatic heterocycles. The number of carbonyl (C=O) groups excluding carboxylic acids is 1. The summed E-state index contributed by atoms with van der Waals surface area (Å²) < 4.78 is 0. The number of aryl methyl sites for hydroxylation is 1. The fourth-order valence-electron chi connectivity index (χ4n) is 4.79. The van der Waals surface area contributed by atoms with E-state index < -0.39 is 0 Å². The Hall–Kier alpha value is -3.58. The van der Waals surface area contributed by atoms with E-state index in [9.17, 15) is 4.79 Å². The highest BCUT2D eigenvalue weighted by molar-refractivity contribution is 6.03. The van der Waals surface area contributed by atoms with Crippen LogP contribution in [0.15, 0.2) is 84.5 Å². The number of hydrogen-bond donors (Lipinski definition) is 1. The molecule has 4 nitrogen and oxygen atoms in total. The minimum absolute atomic E-state index is 0.101. The number of piperidine rings is 1. The zero-order valence-corrected chi connectivity index (χ0v) is 27.5. The molecule has 1 saturated heterocycles. The van der Waals surface area contributed by atoms with Crippen molar-refractivity contribution >= 4 is 17.3 Å². The van der Waals surface area contributed by atoms with Crippen LogP contribution in [0.4, 0.5) is 5.69 Å². The average molecular weight is 570 g/mol. The first-order valence-corrected chi connectivity index (χ1v) is 15.6. The molecule has 1 fully saturated rings. The van der Waals surface area contributed by atoms with E-state index in [1.165, 1.54) is 37.7 Å². The lowest BCUT2D eigenvalue weighted by Gasteiger charge is -2.35. The number of hydrogen-bond acceptors (Lipinski definition) is 3. The summed E-state index contributed by atoms with van der Waals surface area (Å²) in [4.78, 5) is 15.1. The normalized spacial score (nSPS) is 15.0. The molecule has 4 heteroatoms. The van der Waals surface area contributed by atoms with E-state index in [4.69, 9.17) is 5.26 Å².